The molecule has 4 rings (SSSR count). The first-order chi connectivity index (χ1) is 15.2. The van der Waals surface area contributed by atoms with Crippen molar-refractivity contribution >= 4 is 28.9 Å². The van der Waals surface area contributed by atoms with E-state index in [1.165, 1.54) is 19.3 Å². The molecule has 1 saturated carbocycles. The van der Waals surface area contributed by atoms with Gasteiger partial charge in [0.05, 0.1) is 29.2 Å². The van der Waals surface area contributed by atoms with Crippen molar-refractivity contribution in [1.29, 1.82) is 0 Å². The second kappa shape index (κ2) is 10.3. The van der Waals surface area contributed by atoms with E-state index in [-0.39, 0.29) is 24.4 Å². The minimum absolute atomic E-state index is 0.119. The molecule has 6 heteroatoms. The number of hydrogen-bond donors (Lipinski definition) is 3. The zero-order chi connectivity index (χ0) is 21.5. The van der Waals surface area contributed by atoms with Gasteiger partial charge in [-0.05, 0) is 56.4 Å². The molecule has 0 radical (unpaired) electrons. The maximum Gasteiger partial charge on any atom is 0.253 e. The largest absolute Gasteiger partial charge is 0.374 e. The number of amides is 2. The highest BCUT2D eigenvalue weighted by molar-refractivity contribution is 6.04. The van der Waals surface area contributed by atoms with E-state index in [0.29, 0.717) is 11.3 Å². The van der Waals surface area contributed by atoms with Crippen molar-refractivity contribution in [3.63, 3.8) is 0 Å². The van der Waals surface area contributed by atoms with Crippen LogP contribution in [0, 0.1) is 0 Å². The molecule has 6 nitrogen and oxygen atoms in total. The van der Waals surface area contributed by atoms with Crippen LogP contribution in [0.4, 0.5) is 17.1 Å². The van der Waals surface area contributed by atoms with Crippen LogP contribution in [0.2, 0.25) is 0 Å². The highest BCUT2D eigenvalue weighted by Gasteiger charge is 2.20. The fraction of sp³-hybridized carbons (Fsp3) is 0.440. The molecule has 3 N–H and O–H groups in total. The molecular formula is C25H32N4O2. The summed E-state index contributed by atoms with van der Waals surface area (Å²) >= 11 is 0. The van der Waals surface area contributed by atoms with Crippen molar-refractivity contribution in [2.45, 2.75) is 51.0 Å². The molecule has 0 aromatic heterocycles. The molecule has 1 heterocycles. The van der Waals surface area contributed by atoms with Gasteiger partial charge in [-0.2, -0.15) is 0 Å². The Hall–Kier alpha value is -3.02. The molecule has 0 bridgehead atoms. The van der Waals surface area contributed by atoms with E-state index in [9.17, 15) is 9.59 Å². The molecule has 2 amide bonds. The number of carbonyl (C=O) groups excluding carboxylic acids is 2. The lowest BCUT2D eigenvalue weighted by molar-refractivity contribution is -0.114. The van der Waals surface area contributed by atoms with Crippen LogP contribution in [0.15, 0.2) is 48.5 Å². The lowest BCUT2D eigenvalue weighted by atomic mass is 10.1. The van der Waals surface area contributed by atoms with Crippen molar-refractivity contribution < 1.29 is 9.59 Å². The lowest BCUT2D eigenvalue weighted by Crippen LogP contribution is -2.33. The maximum absolute atomic E-state index is 12.7. The zero-order valence-electron chi connectivity index (χ0n) is 18.0. The van der Waals surface area contributed by atoms with Crippen LogP contribution in [-0.4, -0.2) is 37.5 Å². The molecule has 2 fully saturated rings. The summed E-state index contributed by atoms with van der Waals surface area (Å²) in [4.78, 5) is 27.8. The van der Waals surface area contributed by atoms with Gasteiger partial charge in [-0.25, -0.2) is 0 Å². The van der Waals surface area contributed by atoms with E-state index in [1.807, 2.05) is 30.3 Å². The third-order valence-electron chi connectivity index (χ3n) is 6.18. The van der Waals surface area contributed by atoms with Gasteiger partial charge in [0.1, 0.15) is 0 Å². The summed E-state index contributed by atoms with van der Waals surface area (Å²) in [5.41, 5.74) is 3.17. The van der Waals surface area contributed by atoms with Crippen LogP contribution in [0.5, 0.6) is 0 Å². The van der Waals surface area contributed by atoms with Gasteiger partial charge in [0.25, 0.3) is 5.91 Å². The van der Waals surface area contributed by atoms with Crippen LogP contribution < -0.4 is 20.9 Å². The van der Waals surface area contributed by atoms with Crippen molar-refractivity contribution in [3.05, 3.63) is 54.1 Å². The smallest absolute Gasteiger partial charge is 0.253 e. The Morgan fingerprint density at radius 3 is 2.29 bits per heavy atom. The summed E-state index contributed by atoms with van der Waals surface area (Å²) in [6, 6.07) is 15.6. The molecule has 31 heavy (non-hydrogen) atoms. The summed E-state index contributed by atoms with van der Waals surface area (Å²) in [6.07, 6.45) is 8.06. The summed E-state index contributed by atoms with van der Waals surface area (Å²) in [7, 11) is 0. The van der Waals surface area contributed by atoms with E-state index in [1.54, 1.807) is 12.1 Å². The van der Waals surface area contributed by atoms with Crippen molar-refractivity contribution in [3.8, 4) is 0 Å². The first-order valence-corrected chi connectivity index (χ1v) is 11.5. The molecule has 2 aliphatic rings. The summed E-state index contributed by atoms with van der Waals surface area (Å²) < 4.78 is 0. The Labute approximate surface area is 184 Å². The highest BCUT2D eigenvalue weighted by atomic mass is 16.2. The number of nitrogens with one attached hydrogen (secondary N) is 3. The Morgan fingerprint density at radius 1 is 0.839 bits per heavy atom. The monoisotopic (exact) mass is 420 g/mol. The third-order valence-corrected chi connectivity index (χ3v) is 6.18. The van der Waals surface area contributed by atoms with Crippen LogP contribution in [0.25, 0.3) is 0 Å². The molecule has 0 atom stereocenters. The van der Waals surface area contributed by atoms with Gasteiger partial charge in [0.2, 0.25) is 5.91 Å². The summed E-state index contributed by atoms with van der Waals surface area (Å²) in [6.45, 7) is 2.24. The molecule has 1 aliphatic carbocycles. The second-order valence-electron chi connectivity index (χ2n) is 8.47. The van der Waals surface area contributed by atoms with Crippen molar-refractivity contribution in [2.24, 2.45) is 0 Å². The van der Waals surface area contributed by atoms with Gasteiger partial charge >= 0.3 is 0 Å². The predicted octanol–water partition coefficient (Wildman–Crippen LogP) is 4.40. The number of hydrogen-bond acceptors (Lipinski definition) is 4. The third kappa shape index (κ3) is 5.57. The van der Waals surface area contributed by atoms with Gasteiger partial charge in [0.15, 0.2) is 0 Å². The van der Waals surface area contributed by atoms with E-state index < -0.39 is 0 Å². The topological polar surface area (TPSA) is 73.5 Å². The van der Waals surface area contributed by atoms with Crippen molar-refractivity contribution in [2.75, 3.05) is 35.2 Å². The van der Waals surface area contributed by atoms with E-state index in [2.05, 4.69) is 26.9 Å². The quantitative estimate of drug-likeness (QED) is 0.621. The molecular weight excluding hydrogens is 388 g/mol. The number of benzene rings is 2. The average Bonchev–Trinajstić information content (AvgIpc) is 3.32. The van der Waals surface area contributed by atoms with Crippen LogP contribution in [0.1, 0.15) is 55.3 Å². The van der Waals surface area contributed by atoms with Crippen LogP contribution in [0.3, 0.4) is 0 Å². The molecule has 2 aromatic rings. The molecule has 0 unspecified atom stereocenters. The fourth-order valence-electron chi connectivity index (χ4n) is 4.53. The van der Waals surface area contributed by atoms with Crippen LogP contribution >= 0.6 is 0 Å². The first-order valence-electron chi connectivity index (χ1n) is 11.5. The fourth-order valence-corrected chi connectivity index (χ4v) is 4.53. The highest BCUT2D eigenvalue weighted by Crippen LogP contribution is 2.28. The second-order valence-corrected chi connectivity index (χ2v) is 8.47. The minimum atomic E-state index is -0.172. The number of carbonyl (C=O) groups is 2. The average molecular weight is 421 g/mol. The lowest BCUT2D eigenvalue weighted by Gasteiger charge is -2.30. The Morgan fingerprint density at radius 2 is 1.52 bits per heavy atom. The Kier molecular flexibility index (Phi) is 7.07. The predicted molar refractivity (Wildman–Crippen MR) is 126 cm³/mol. The van der Waals surface area contributed by atoms with Gasteiger partial charge < -0.3 is 20.9 Å². The SMILES string of the molecule is O=C(CNc1ccccc1N1CCCCC1)Nc1ccccc1C(=O)NC1CCCC1. The summed E-state index contributed by atoms with van der Waals surface area (Å²) in [5, 5.41) is 9.29. The minimum Gasteiger partial charge on any atom is -0.374 e. The summed E-state index contributed by atoms with van der Waals surface area (Å²) in [5.74, 6) is -0.291. The van der Waals surface area contributed by atoms with E-state index >= 15 is 0 Å². The van der Waals surface area contributed by atoms with Crippen molar-refractivity contribution in [1.82, 2.24) is 5.32 Å². The number of para-hydroxylation sites is 3. The number of piperidine rings is 1. The molecule has 164 valence electrons. The Bertz CT molecular complexity index is 902. The Balaban J connectivity index is 1.37. The van der Waals surface area contributed by atoms with Gasteiger partial charge in [-0.15, -0.1) is 0 Å². The molecule has 2 aromatic carbocycles. The van der Waals surface area contributed by atoms with E-state index in [0.717, 1.165) is 50.1 Å². The molecule has 0 spiro atoms. The van der Waals surface area contributed by atoms with E-state index in [4.69, 9.17) is 0 Å². The zero-order valence-corrected chi connectivity index (χ0v) is 18.0. The number of anilines is 3. The number of rotatable bonds is 7. The normalized spacial score (nSPS) is 16.7. The van der Waals surface area contributed by atoms with Gasteiger partial charge in [0, 0.05) is 19.1 Å². The first kappa shape index (κ1) is 21.2. The maximum atomic E-state index is 12.7. The van der Waals surface area contributed by atoms with Gasteiger partial charge in [-0.3, -0.25) is 9.59 Å². The molecule has 1 saturated heterocycles. The van der Waals surface area contributed by atoms with Crippen LogP contribution in [-0.2, 0) is 4.79 Å². The number of nitrogens with zero attached hydrogens (tertiary/aromatic N) is 1. The molecule has 1 aliphatic heterocycles. The standard InChI is InChI=1S/C25H32N4O2/c30-24(18-26-22-14-6-7-15-23(22)29-16-8-1-9-17-29)28-21-13-5-4-12-20(21)25(31)27-19-10-2-3-11-19/h4-7,12-15,19,26H,1-3,8-11,16-18H2,(H,27,31)(H,28,30). The van der Waals surface area contributed by atoms with Gasteiger partial charge in [-0.1, -0.05) is 37.1 Å².